The average Bonchev–Trinajstić information content (AvgIpc) is 2.03. The minimum Gasteiger partial charge on any atom is -0.232 e. The van der Waals surface area contributed by atoms with Gasteiger partial charge in [-0.1, -0.05) is 0 Å². The van der Waals surface area contributed by atoms with Crippen LogP contribution in [0.4, 0.5) is 13.2 Å². The summed E-state index contributed by atoms with van der Waals surface area (Å²) in [4.78, 5) is 3.20. The number of aromatic nitrogens is 1. The highest BCUT2D eigenvalue weighted by molar-refractivity contribution is 14.1. The molecule has 13 heavy (non-hydrogen) atoms. The Bertz CT molecular complexity index is 373. The van der Waals surface area contributed by atoms with Crippen LogP contribution in [0.25, 0.3) is 0 Å². The molecule has 1 aromatic heterocycles. The maximum absolute atomic E-state index is 12.8. The van der Waals surface area contributed by atoms with Gasteiger partial charge in [0.2, 0.25) is 0 Å². The average molecular weight is 298 g/mol. The Kier molecular flexibility index (Phi) is 3.08. The first-order chi connectivity index (χ1) is 6.06. The fourth-order valence-electron chi connectivity index (χ4n) is 0.712. The van der Waals surface area contributed by atoms with Crippen molar-refractivity contribution in [3.8, 4) is 6.07 Å². The first kappa shape index (κ1) is 10.2. The molecule has 0 atom stereocenters. The summed E-state index contributed by atoms with van der Waals surface area (Å²) >= 11 is 1.66. The lowest BCUT2D eigenvalue weighted by atomic mass is 10.3. The fraction of sp³-hybridized carbons (Fsp3) is 0.143. The van der Waals surface area contributed by atoms with Gasteiger partial charge in [-0.15, -0.1) is 0 Å². The van der Waals surface area contributed by atoms with Gasteiger partial charge >= 0.3 is 0 Å². The van der Waals surface area contributed by atoms with Crippen molar-refractivity contribution in [3.05, 3.63) is 26.8 Å². The molecule has 0 aliphatic rings. The Morgan fingerprint density at radius 1 is 1.54 bits per heavy atom. The van der Waals surface area contributed by atoms with Crippen molar-refractivity contribution in [2.75, 3.05) is 0 Å². The molecule has 0 aliphatic heterocycles. The van der Waals surface area contributed by atoms with Gasteiger partial charge in [-0.25, -0.2) is 18.2 Å². The van der Waals surface area contributed by atoms with Gasteiger partial charge in [-0.2, -0.15) is 5.26 Å². The normalized spacial score (nSPS) is 10.2. The first-order valence-electron chi connectivity index (χ1n) is 3.10. The van der Waals surface area contributed by atoms with Crippen molar-refractivity contribution in [1.82, 2.24) is 4.98 Å². The summed E-state index contributed by atoms with van der Waals surface area (Å²) in [6.07, 6.45) is -3.00. The van der Waals surface area contributed by atoms with Crippen molar-refractivity contribution >= 4 is 22.6 Å². The number of alkyl halides is 2. The van der Waals surface area contributed by atoms with Gasteiger partial charge in [0.05, 0.1) is 3.57 Å². The van der Waals surface area contributed by atoms with Gasteiger partial charge in [-0.3, -0.25) is 0 Å². The third kappa shape index (κ3) is 2.09. The SMILES string of the molecule is N#Cc1nc(C(F)F)c(F)cc1I. The smallest absolute Gasteiger partial charge is 0.232 e. The molecule has 2 nitrogen and oxygen atoms in total. The molecule has 0 fully saturated rings. The maximum atomic E-state index is 12.8. The molecule has 0 bridgehead atoms. The van der Waals surface area contributed by atoms with Gasteiger partial charge < -0.3 is 0 Å². The second-order valence-electron chi connectivity index (χ2n) is 2.10. The summed E-state index contributed by atoms with van der Waals surface area (Å²) in [6, 6.07) is 2.47. The van der Waals surface area contributed by atoms with E-state index < -0.39 is 17.9 Å². The number of nitriles is 1. The Morgan fingerprint density at radius 2 is 2.15 bits per heavy atom. The van der Waals surface area contributed by atoms with E-state index in [1.54, 1.807) is 28.7 Å². The zero-order chi connectivity index (χ0) is 10.0. The quantitative estimate of drug-likeness (QED) is 0.747. The predicted octanol–water partition coefficient (Wildman–Crippen LogP) is 2.63. The molecule has 6 heteroatoms. The Balaban J connectivity index is 3.33. The molecule has 0 aromatic carbocycles. The van der Waals surface area contributed by atoms with E-state index in [1.807, 2.05) is 0 Å². The van der Waals surface area contributed by atoms with Gasteiger partial charge in [0.1, 0.15) is 11.8 Å². The molecular weight excluding hydrogens is 296 g/mol. The molecule has 0 spiro atoms. The topological polar surface area (TPSA) is 36.7 Å². The fourth-order valence-corrected chi connectivity index (χ4v) is 1.23. The number of halogens is 4. The van der Waals surface area contributed by atoms with E-state index in [9.17, 15) is 13.2 Å². The zero-order valence-electron chi connectivity index (χ0n) is 6.06. The molecular formula is C7H2F3IN2. The number of hydrogen-bond donors (Lipinski definition) is 0. The van der Waals surface area contributed by atoms with E-state index in [4.69, 9.17) is 5.26 Å². The first-order valence-corrected chi connectivity index (χ1v) is 4.18. The lowest BCUT2D eigenvalue weighted by molar-refractivity contribution is 0.140. The van der Waals surface area contributed by atoms with Crippen molar-refractivity contribution in [1.29, 1.82) is 5.26 Å². The summed E-state index contributed by atoms with van der Waals surface area (Å²) in [7, 11) is 0. The number of nitrogens with zero attached hydrogens (tertiary/aromatic N) is 2. The molecule has 1 aromatic rings. The van der Waals surface area contributed by atoms with Crippen molar-refractivity contribution in [3.63, 3.8) is 0 Å². The summed E-state index contributed by atoms with van der Waals surface area (Å²) < 4.78 is 37.1. The second-order valence-corrected chi connectivity index (χ2v) is 3.26. The van der Waals surface area contributed by atoms with Crippen LogP contribution in [-0.4, -0.2) is 4.98 Å². The van der Waals surface area contributed by atoms with E-state index in [-0.39, 0.29) is 9.26 Å². The number of pyridine rings is 1. The minimum absolute atomic E-state index is 0.183. The molecule has 1 rings (SSSR count). The maximum Gasteiger partial charge on any atom is 0.283 e. The summed E-state index contributed by atoms with van der Waals surface area (Å²) in [5.41, 5.74) is -1.16. The van der Waals surface area contributed by atoms with Crippen LogP contribution in [0.2, 0.25) is 0 Å². The number of rotatable bonds is 1. The third-order valence-corrected chi connectivity index (χ3v) is 2.09. The highest BCUT2D eigenvalue weighted by Crippen LogP contribution is 2.22. The molecule has 0 radical (unpaired) electrons. The van der Waals surface area contributed by atoms with Crippen LogP contribution in [0.15, 0.2) is 6.07 Å². The molecule has 0 unspecified atom stereocenters. The Hall–Kier alpha value is -0.840. The Labute approximate surface area is 85.5 Å². The van der Waals surface area contributed by atoms with Crippen LogP contribution >= 0.6 is 22.6 Å². The Morgan fingerprint density at radius 3 is 2.62 bits per heavy atom. The minimum atomic E-state index is -3.00. The van der Waals surface area contributed by atoms with Crippen molar-refractivity contribution in [2.24, 2.45) is 0 Å². The summed E-state index contributed by atoms with van der Waals surface area (Å²) in [5.74, 6) is -1.08. The van der Waals surface area contributed by atoms with Crippen LogP contribution in [0.1, 0.15) is 17.8 Å². The van der Waals surface area contributed by atoms with E-state index in [0.717, 1.165) is 6.07 Å². The predicted molar refractivity (Wildman–Crippen MR) is 46.6 cm³/mol. The van der Waals surface area contributed by atoms with Crippen LogP contribution < -0.4 is 0 Å². The molecule has 0 amide bonds. The van der Waals surface area contributed by atoms with Crippen LogP contribution in [0.3, 0.4) is 0 Å². The van der Waals surface area contributed by atoms with Crippen molar-refractivity contribution in [2.45, 2.75) is 6.43 Å². The highest BCUT2D eigenvalue weighted by Gasteiger charge is 2.17. The van der Waals surface area contributed by atoms with E-state index in [0.29, 0.717) is 0 Å². The molecule has 0 saturated carbocycles. The molecule has 0 saturated heterocycles. The van der Waals surface area contributed by atoms with Crippen LogP contribution in [-0.2, 0) is 0 Å². The zero-order valence-corrected chi connectivity index (χ0v) is 8.22. The molecule has 0 aliphatic carbocycles. The number of hydrogen-bond acceptors (Lipinski definition) is 2. The van der Waals surface area contributed by atoms with Gasteiger partial charge in [-0.05, 0) is 28.7 Å². The largest absolute Gasteiger partial charge is 0.283 e. The van der Waals surface area contributed by atoms with Crippen LogP contribution in [0, 0.1) is 20.7 Å². The molecule has 0 N–H and O–H groups in total. The standard InChI is InChI=1S/C7H2F3IN2/c8-3-1-4(11)5(2-12)13-6(3)7(9)10/h1,7H. The summed E-state index contributed by atoms with van der Waals surface area (Å²) in [5, 5.41) is 8.43. The van der Waals surface area contributed by atoms with E-state index >= 15 is 0 Å². The molecule has 1 heterocycles. The van der Waals surface area contributed by atoms with Gasteiger partial charge in [0.25, 0.3) is 6.43 Å². The van der Waals surface area contributed by atoms with Gasteiger partial charge in [0.15, 0.2) is 11.5 Å². The van der Waals surface area contributed by atoms with Crippen molar-refractivity contribution < 1.29 is 13.2 Å². The monoisotopic (exact) mass is 298 g/mol. The van der Waals surface area contributed by atoms with Gasteiger partial charge in [0, 0.05) is 0 Å². The lowest BCUT2D eigenvalue weighted by Crippen LogP contribution is -2.00. The third-order valence-electron chi connectivity index (χ3n) is 1.27. The van der Waals surface area contributed by atoms with E-state index in [2.05, 4.69) is 4.98 Å². The molecule has 68 valence electrons. The highest BCUT2D eigenvalue weighted by atomic mass is 127. The summed E-state index contributed by atoms with van der Waals surface area (Å²) in [6.45, 7) is 0. The van der Waals surface area contributed by atoms with E-state index in [1.165, 1.54) is 0 Å². The lowest BCUT2D eigenvalue weighted by Gasteiger charge is -2.01. The van der Waals surface area contributed by atoms with Crippen LogP contribution in [0.5, 0.6) is 0 Å². The second kappa shape index (κ2) is 3.91.